The minimum Gasteiger partial charge on any atom is -0.323 e. The molecule has 1 rings (SSSR count). The van der Waals surface area contributed by atoms with E-state index in [0.29, 0.717) is 5.92 Å². The summed E-state index contributed by atoms with van der Waals surface area (Å²) < 4.78 is 0. The van der Waals surface area contributed by atoms with Gasteiger partial charge < -0.3 is 5.73 Å². The van der Waals surface area contributed by atoms with Crippen molar-refractivity contribution < 1.29 is 0 Å². The first-order chi connectivity index (χ1) is 5.58. The Balaban J connectivity index is 2.18. The summed E-state index contributed by atoms with van der Waals surface area (Å²) in [7, 11) is 0. The molecule has 1 heterocycles. The van der Waals surface area contributed by atoms with Crippen molar-refractivity contribution >= 4 is 0 Å². The topological polar surface area (TPSA) is 29.3 Å². The van der Waals surface area contributed by atoms with Gasteiger partial charge in [-0.05, 0) is 18.9 Å². The van der Waals surface area contributed by atoms with Gasteiger partial charge in [0.25, 0.3) is 0 Å². The van der Waals surface area contributed by atoms with Gasteiger partial charge in [-0.1, -0.05) is 27.2 Å². The summed E-state index contributed by atoms with van der Waals surface area (Å²) in [6, 6.07) is 0. The van der Waals surface area contributed by atoms with E-state index in [-0.39, 0.29) is 5.54 Å². The van der Waals surface area contributed by atoms with Crippen LogP contribution in [0.4, 0.5) is 0 Å². The SMILES string of the molecule is CCCCN1CC(N)(C(C)C)C1. The molecule has 1 aliphatic rings. The Labute approximate surface area is 76.1 Å². The van der Waals surface area contributed by atoms with Crippen LogP contribution >= 0.6 is 0 Å². The second kappa shape index (κ2) is 3.75. The molecule has 2 nitrogen and oxygen atoms in total. The van der Waals surface area contributed by atoms with Crippen LogP contribution in [0, 0.1) is 5.92 Å². The fourth-order valence-electron chi connectivity index (χ4n) is 1.69. The number of hydrogen-bond acceptors (Lipinski definition) is 2. The highest BCUT2D eigenvalue weighted by atomic mass is 15.2. The average molecular weight is 170 g/mol. The van der Waals surface area contributed by atoms with Crippen LogP contribution in [0.25, 0.3) is 0 Å². The van der Waals surface area contributed by atoms with Crippen LogP contribution < -0.4 is 5.73 Å². The van der Waals surface area contributed by atoms with Crippen molar-refractivity contribution in [3.63, 3.8) is 0 Å². The zero-order valence-corrected chi connectivity index (χ0v) is 8.64. The predicted molar refractivity (Wildman–Crippen MR) is 53.1 cm³/mol. The van der Waals surface area contributed by atoms with Gasteiger partial charge in [0.15, 0.2) is 0 Å². The molecular weight excluding hydrogens is 148 g/mol. The van der Waals surface area contributed by atoms with E-state index in [1.165, 1.54) is 19.4 Å². The minimum atomic E-state index is 0.119. The molecule has 0 spiro atoms. The van der Waals surface area contributed by atoms with Crippen molar-refractivity contribution in [3.8, 4) is 0 Å². The average Bonchev–Trinajstić information content (AvgIpc) is 1.95. The number of nitrogens with zero attached hydrogens (tertiary/aromatic N) is 1. The first-order valence-electron chi connectivity index (χ1n) is 5.09. The van der Waals surface area contributed by atoms with Gasteiger partial charge in [-0.25, -0.2) is 0 Å². The molecule has 1 fully saturated rings. The molecule has 2 N–H and O–H groups in total. The molecule has 0 unspecified atom stereocenters. The Morgan fingerprint density at radius 2 is 2.00 bits per heavy atom. The van der Waals surface area contributed by atoms with Gasteiger partial charge in [0.2, 0.25) is 0 Å². The molecule has 0 bridgehead atoms. The van der Waals surface area contributed by atoms with E-state index in [1.807, 2.05) is 0 Å². The summed E-state index contributed by atoms with van der Waals surface area (Å²) >= 11 is 0. The van der Waals surface area contributed by atoms with Crippen molar-refractivity contribution in [3.05, 3.63) is 0 Å². The quantitative estimate of drug-likeness (QED) is 0.692. The van der Waals surface area contributed by atoms with E-state index >= 15 is 0 Å². The minimum absolute atomic E-state index is 0.119. The molecular formula is C10H22N2. The maximum absolute atomic E-state index is 6.17. The Hall–Kier alpha value is -0.0800. The van der Waals surface area contributed by atoms with E-state index in [2.05, 4.69) is 25.7 Å². The molecule has 0 amide bonds. The van der Waals surface area contributed by atoms with Gasteiger partial charge in [-0.15, -0.1) is 0 Å². The van der Waals surface area contributed by atoms with Crippen molar-refractivity contribution in [2.75, 3.05) is 19.6 Å². The Bertz CT molecular complexity index is 137. The van der Waals surface area contributed by atoms with Gasteiger partial charge in [-0.3, -0.25) is 4.90 Å². The lowest BCUT2D eigenvalue weighted by atomic mass is 9.80. The summed E-state index contributed by atoms with van der Waals surface area (Å²) in [5.74, 6) is 0.621. The molecule has 12 heavy (non-hydrogen) atoms. The lowest BCUT2D eigenvalue weighted by Gasteiger charge is -2.50. The van der Waals surface area contributed by atoms with Crippen molar-refractivity contribution in [1.29, 1.82) is 0 Å². The molecule has 2 heteroatoms. The summed E-state index contributed by atoms with van der Waals surface area (Å²) in [6.45, 7) is 10.1. The molecule has 1 saturated heterocycles. The van der Waals surface area contributed by atoms with E-state index in [4.69, 9.17) is 5.73 Å². The van der Waals surface area contributed by atoms with Gasteiger partial charge in [0.1, 0.15) is 0 Å². The van der Waals surface area contributed by atoms with Crippen molar-refractivity contribution in [2.24, 2.45) is 11.7 Å². The first kappa shape index (κ1) is 10.0. The second-order valence-electron chi connectivity index (χ2n) is 4.45. The van der Waals surface area contributed by atoms with E-state index in [1.54, 1.807) is 0 Å². The van der Waals surface area contributed by atoms with E-state index in [0.717, 1.165) is 13.1 Å². The van der Waals surface area contributed by atoms with Crippen molar-refractivity contribution in [2.45, 2.75) is 39.2 Å². The summed E-state index contributed by atoms with van der Waals surface area (Å²) in [5, 5.41) is 0. The van der Waals surface area contributed by atoms with Crippen LogP contribution in [0.2, 0.25) is 0 Å². The molecule has 0 atom stereocenters. The van der Waals surface area contributed by atoms with E-state index < -0.39 is 0 Å². The van der Waals surface area contributed by atoms with Crippen LogP contribution in [0.15, 0.2) is 0 Å². The molecule has 72 valence electrons. The fourth-order valence-corrected chi connectivity index (χ4v) is 1.69. The second-order valence-corrected chi connectivity index (χ2v) is 4.45. The Morgan fingerprint density at radius 3 is 2.42 bits per heavy atom. The largest absolute Gasteiger partial charge is 0.323 e. The van der Waals surface area contributed by atoms with Crippen LogP contribution in [0.1, 0.15) is 33.6 Å². The van der Waals surface area contributed by atoms with Crippen LogP contribution in [0.5, 0.6) is 0 Å². The molecule has 0 saturated carbocycles. The molecule has 0 aromatic heterocycles. The standard InChI is InChI=1S/C10H22N2/c1-4-5-6-12-7-10(11,8-12)9(2)3/h9H,4-8,11H2,1-3H3. The van der Waals surface area contributed by atoms with Crippen molar-refractivity contribution in [1.82, 2.24) is 4.90 Å². The Kier molecular flexibility index (Phi) is 3.13. The highest BCUT2D eigenvalue weighted by Crippen LogP contribution is 2.25. The van der Waals surface area contributed by atoms with Crippen LogP contribution in [-0.2, 0) is 0 Å². The highest BCUT2D eigenvalue weighted by molar-refractivity contribution is 5.01. The van der Waals surface area contributed by atoms with Crippen LogP contribution in [-0.4, -0.2) is 30.1 Å². The number of unbranched alkanes of at least 4 members (excludes halogenated alkanes) is 1. The third-order valence-corrected chi connectivity index (χ3v) is 3.01. The van der Waals surface area contributed by atoms with E-state index in [9.17, 15) is 0 Å². The maximum Gasteiger partial charge on any atom is 0.0435 e. The molecule has 0 aromatic carbocycles. The third-order valence-electron chi connectivity index (χ3n) is 3.01. The van der Waals surface area contributed by atoms with Gasteiger partial charge in [0.05, 0.1) is 0 Å². The maximum atomic E-state index is 6.17. The number of nitrogens with two attached hydrogens (primary N) is 1. The molecule has 1 aliphatic heterocycles. The normalized spacial score (nSPS) is 22.8. The lowest BCUT2D eigenvalue weighted by Crippen LogP contribution is -2.69. The molecule has 0 aliphatic carbocycles. The van der Waals surface area contributed by atoms with Crippen LogP contribution in [0.3, 0.4) is 0 Å². The first-order valence-corrected chi connectivity index (χ1v) is 5.09. The lowest BCUT2D eigenvalue weighted by molar-refractivity contribution is 0.0370. The third kappa shape index (κ3) is 1.99. The summed E-state index contributed by atoms with van der Waals surface area (Å²) in [4.78, 5) is 2.46. The molecule has 0 radical (unpaired) electrons. The highest BCUT2D eigenvalue weighted by Gasteiger charge is 2.40. The Morgan fingerprint density at radius 1 is 1.42 bits per heavy atom. The smallest absolute Gasteiger partial charge is 0.0435 e. The zero-order valence-electron chi connectivity index (χ0n) is 8.64. The van der Waals surface area contributed by atoms with Gasteiger partial charge in [-0.2, -0.15) is 0 Å². The van der Waals surface area contributed by atoms with Gasteiger partial charge in [0, 0.05) is 18.6 Å². The summed E-state index contributed by atoms with van der Waals surface area (Å²) in [6.07, 6.45) is 2.60. The molecule has 0 aromatic rings. The summed E-state index contributed by atoms with van der Waals surface area (Å²) in [5.41, 5.74) is 6.28. The zero-order chi connectivity index (χ0) is 9.19. The number of likely N-dealkylation sites (tertiary alicyclic amines) is 1. The number of hydrogen-bond donors (Lipinski definition) is 1. The number of rotatable bonds is 4. The fraction of sp³-hybridized carbons (Fsp3) is 1.00. The monoisotopic (exact) mass is 170 g/mol. The van der Waals surface area contributed by atoms with Gasteiger partial charge >= 0.3 is 0 Å². The predicted octanol–water partition coefficient (Wildman–Crippen LogP) is 1.46.